The fraction of sp³-hybridized carbons (Fsp3) is 0.250. The van der Waals surface area contributed by atoms with Crippen LogP contribution in [0.2, 0.25) is 0 Å². The third kappa shape index (κ3) is 5.29. The summed E-state index contributed by atoms with van der Waals surface area (Å²) in [6.07, 6.45) is 2.62. The van der Waals surface area contributed by atoms with Crippen molar-refractivity contribution in [2.24, 2.45) is 5.92 Å². The predicted molar refractivity (Wildman–Crippen MR) is 119 cm³/mol. The molecule has 0 spiro atoms. The van der Waals surface area contributed by atoms with Crippen LogP contribution in [0.3, 0.4) is 0 Å². The first-order valence-electron chi connectivity index (χ1n) is 9.52. The van der Waals surface area contributed by atoms with Gasteiger partial charge in [0.05, 0.1) is 5.92 Å². The molecule has 3 aromatic rings. The van der Waals surface area contributed by atoms with Crippen LogP contribution >= 0.6 is 15.9 Å². The van der Waals surface area contributed by atoms with Crippen molar-refractivity contribution in [1.29, 1.82) is 0 Å². The molecular formula is C24H25BrN2O. The van der Waals surface area contributed by atoms with Crippen LogP contribution in [0.1, 0.15) is 37.4 Å². The Labute approximate surface area is 175 Å². The van der Waals surface area contributed by atoms with Crippen molar-refractivity contribution < 1.29 is 4.79 Å². The molecule has 0 radical (unpaired) electrons. The molecular weight excluding hydrogens is 412 g/mol. The molecule has 28 heavy (non-hydrogen) atoms. The highest BCUT2D eigenvalue weighted by Crippen LogP contribution is 2.28. The second-order valence-electron chi connectivity index (χ2n) is 7.49. The van der Waals surface area contributed by atoms with Gasteiger partial charge in [0.2, 0.25) is 5.91 Å². The number of nitrogens with zero attached hydrogens (tertiary/aromatic N) is 1. The monoisotopic (exact) mass is 436 g/mol. The minimum absolute atomic E-state index is 0.0310. The summed E-state index contributed by atoms with van der Waals surface area (Å²) in [7, 11) is 0. The molecule has 0 unspecified atom stereocenters. The SMILES string of the molecule is Cc1cc(-c2ccc(NC(=O)[C@H](CC(C)C)c3ccc(Br)cc3)cc2)ccn1. The Morgan fingerprint density at radius 1 is 1.00 bits per heavy atom. The van der Waals surface area contributed by atoms with E-state index in [1.54, 1.807) is 0 Å². The van der Waals surface area contributed by atoms with E-state index < -0.39 is 0 Å². The zero-order valence-electron chi connectivity index (χ0n) is 16.4. The zero-order chi connectivity index (χ0) is 20.1. The molecule has 1 aromatic heterocycles. The van der Waals surface area contributed by atoms with Crippen LogP contribution in [0.4, 0.5) is 5.69 Å². The number of aryl methyl sites for hydroxylation is 1. The Morgan fingerprint density at radius 3 is 2.29 bits per heavy atom. The van der Waals surface area contributed by atoms with Crippen LogP contribution in [0, 0.1) is 12.8 Å². The largest absolute Gasteiger partial charge is 0.326 e. The molecule has 3 nitrogen and oxygen atoms in total. The lowest BCUT2D eigenvalue weighted by Crippen LogP contribution is -2.22. The summed E-state index contributed by atoms with van der Waals surface area (Å²) in [5.41, 5.74) is 5.07. The predicted octanol–water partition coefficient (Wildman–Crippen LogP) is 6.59. The molecule has 1 N–H and O–H groups in total. The third-order valence-corrected chi connectivity index (χ3v) is 5.21. The summed E-state index contributed by atoms with van der Waals surface area (Å²) in [6, 6.07) is 20.0. The Kier molecular flexibility index (Phi) is 6.63. The van der Waals surface area contributed by atoms with E-state index in [0.29, 0.717) is 5.92 Å². The summed E-state index contributed by atoms with van der Waals surface area (Å²) in [6.45, 7) is 6.27. The Bertz CT molecular complexity index is 934. The van der Waals surface area contributed by atoms with Gasteiger partial charge in [0.1, 0.15) is 0 Å². The Hall–Kier alpha value is -2.46. The number of carbonyl (C=O) groups is 1. The number of hydrogen-bond donors (Lipinski definition) is 1. The lowest BCUT2D eigenvalue weighted by Gasteiger charge is -2.19. The van der Waals surface area contributed by atoms with Gasteiger partial charge in [-0.05, 0) is 72.4 Å². The van der Waals surface area contributed by atoms with Crippen molar-refractivity contribution >= 4 is 27.5 Å². The molecule has 0 aliphatic rings. The number of benzene rings is 2. The van der Waals surface area contributed by atoms with E-state index in [9.17, 15) is 4.79 Å². The summed E-state index contributed by atoms with van der Waals surface area (Å²) in [5, 5.41) is 3.09. The molecule has 3 rings (SSSR count). The van der Waals surface area contributed by atoms with Gasteiger partial charge in [-0.1, -0.05) is 54.0 Å². The quantitative estimate of drug-likeness (QED) is 0.473. The average molecular weight is 437 g/mol. The number of amides is 1. The van der Waals surface area contributed by atoms with Crippen LogP contribution in [-0.4, -0.2) is 10.9 Å². The van der Waals surface area contributed by atoms with Gasteiger partial charge in [-0.25, -0.2) is 0 Å². The van der Waals surface area contributed by atoms with Gasteiger partial charge in [-0.3, -0.25) is 9.78 Å². The lowest BCUT2D eigenvalue weighted by atomic mass is 9.89. The van der Waals surface area contributed by atoms with Crippen LogP contribution in [-0.2, 0) is 4.79 Å². The number of nitrogens with one attached hydrogen (secondary N) is 1. The molecule has 0 bridgehead atoms. The van der Waals surface area contributed by atoms with Crippen LogP contribution in [0.5, 0.6) is 0 Å². The van der Waals surface area contributed by atoms with Crippen molar-refractivity contribution in [1.82, 2.24) is 4.98 Å². The van der Waals surface area contributed by atoms with Crippen molar-refractivity contribution in [2.45, 2.75) is 33.1 Å². The van der Waals surface area contributed by atoms with Crippen molar-refractivity contribution in [3.8, 4) is 11.1 Å². The Morgan fingerprint density at radius 2 is 1.68 bits per heavy atom. The van der Waals surface area contributed by atoms with Crippen LogP contribution in [0.25, 0.3) is 11.1 Å². The van der Waals surface area contributed by atoms with Gasteiger partial charge in [0.15, 0.2) is 0 Å². The molecule has 0 aliphatic carbocycles. The maximum atomic E-state index is 13.0. The van der Waals surface area contributed by atoms with E-state index in [0.717, 1.165) is 39.0 Å². The standard InChI is InChI=1S/C24H25BrN2O/c1-16(2)14-23(19-4-8-21(25)9-5-19)24(28)27-22-10-6-18(7-11-22)20-12-13-26-17(3)15-20/h4-13,15-16,23H,14H2,1-3H3,(H,27,28)/t23-/m1/s1. The first-order valence-corrected chi connectivity index (χ1v) is 10.3. The molecule has 144 valence electrons. The number of halogens is 1. The Balaban J connectivity index is 1.76. The number of carbonyl (C=O) groups excluding carboxylic acids is 1. The van der Waals surface area contributed by atoms with E-state index in [-0.39, 0.29) is 11.8 Å². The van der Waals surface area contributed by atoms with Gasteiger partial charge < -0.3 is 5.32 Å². The number of anilines is 1. The number of rotatable bonds is 6. The second-order valence-corrected chi connectivity index (χ2v) is 8.40. The molecule has 4 heteroatoms. The van der Waals surface area contributed by atoms with Gasteiger partial charge in [-0.2, -0.15) is 0 Å². The van der Waals surface area contributed by atoms with Gasteiger partial charge >= 0.3 is 0 Å². The minimum atomic E-state index is -0.171. The zero-order valence-corrected chi connectivity index (χ0v) is 18.0. The summed E-state index contributed by atoms with van der Waals surface area (Å²) < 4.78 is 1.02. The first kappa shape index (κ1) is 20.3. The van der Waals surface area contributed by atoms with Gasteiger partial charge in [0.25, 0.3) is 0 Å². The summed E-state index contributed by atoms with van der Waals surface area (Å²) in [4.78, 5) is 17.2. The smallest absolute Gasteiger partial charge is 0.231 e. The van der Waals surface area contributed by atoms with Gasteiger partial charge in [0, 0.05) is 22.1 Å². The van der Waals surface area contributed by atoms with Crippen molar-refractivity contribution in [2.75, 3.05) is 5.32 Å². The summed E-state index contributed by atoms with van der Waals surface area (Å²) >= 11 is 3.46. The normalized spacial score (nSPS) is 12.0. The molecule has 1 amide bonds. The van der Waals surface area contributed by atoms with Crippen molar-refractivity contribution in [3.05, 3.63) is 82.6 Å². The van der Waals surface area contributed by atoms with E-state index in [2.05, 4.69) is 46.1 Å². The summed E-state index contributed by atoms with van der Waals surface area (Å²) in [5.74, 6) is 0.288. The number of hydrogen-bond acceptors (Lipinski definition) is 2. The molecule has 1 atom stereocenters. The second kappa shape index (κ2) is 9.16. The molecule has 1 heterocycles. The van der Waals surface area contributed by atoms with E-state index in [1.165, 1.54) is 0 Å². The van der Waals surface area contributed by atoms with Crippen molar-refractivity contribution in [3.63, 3.8) is 0 Å². The highest BCUT2D eigenvalue weighted by atomic mass is 79.9. The maximum absolute atomic E-state index is 13.0. The number of aromatic nitrogens is 1. The van der Waals surface area contributed by atoms with E-state index >= 15 is 0 Å². The van der Waals surface area contributed by atoms with Crippen LogP contribution in [0.15, 0.2) is 71.3 Å². The first-order chi connectivity index (χ1) is 13.4. The minimum Gasteiger partial charge on any atom is -0.326 e. The molecule has 0 saturated carbocycles. The molecule has 2 aromatic carbocycles. The molecule has 0 saturated heterocycles. The van der Waals surface area contributed by atoms with Crippen LogP contribution < -0.4 is 5.32 Å². The lowest BCUT2D eigenvalue weighted by molar-refractivity contribution is -0.117. The highest BCUT2D eigenvalue weighted by Gasteiger charge is 2.22. The highest BCUT2D eigenvalue weighted by molar-refractivity contribution is 9.10. The fourth-order valence-corrected chi connectivity index (χ4v) is 3.53. The van der Waals surface area contributed by atoms with E-state index in [4.69, 9.17) is 0 Å². The number of pyridine rings is 1. The molecule has 0 fully saturated rings. The average Bonchev–Trinajstić information content (AvgIpc) is 2.67. The fourth-order valence-electron chi connectivity index (χ4n) is 3.26. The van der Waals surface area contributed by atoms with E-state index in [1.807, 2.05) is 67.7 Å². The third-order valence-electron chi connectivity index (χ3n) is 4.68. The maximum Gasteiger partial charge on any atom is 0.231 e. The topological polar surface area (TPSA) is 42.0 Å². The van der Waals surface area contributed by atoms with Gasteiger partial charge in [-0.15, -0.1) is 0 Å². The molecule has 0 aliphatic heterocycles.